The van der Waals surface area contributed by atoms with Crippen LogP contribution in [0.15, 0.2) is 147 Å². The van der Waals surface area contributed by atoms with Crippen molar-refractivity contribution in [1.82, 2.24) is 26.1 Å². The second-order valence-corrected chi connectivity index (χ2v) is 12.6. The van der Waals surface area contributed by atoms with Crippen molar-refractivity contribution < 1.29 is 10.0 Å². The molecule has 0 aliphatic carbocycles. The van der Waals surface area contributed by atoms with Crippen LogP contribution in [-0.2, 0) is 0 Å². The van der Waals surface area contributed by atoms with Crippen LogP contribution in [0.1, 0.15) is 0 Å². The molecule has 0 bridgehead atoms. The minimum atomic E-state index is -1.34. The van der Waals surface area contributed by atoms with Gasteiger partial charge >= 0.3 is 7.12 Å². The number of benzene rings is 4. The monoisotopic (exact) mass is 809 g/mol. The summed E-state index contributed by atoms with van der Waals surface area (Å²) in [6.07, 6.45) is 0. The first-order valence-electron chi connectivity index (χ1n) is 14.2. The van der Waals surface area contributed by atoms with Gasteiger partial charge in [0.25, 0.3) is 0 Å². The van der Waals surface area contributed by atoms with Gasteiger partial charge in [-0.3, -0.25) is 0 Å². The zero-order valence-corrected chi connectivity index (χ0v) is 29.6. The molecule has 11 heteroatoms. The molecule has 0 unspecified atom stereocenters. The predicted octanol–water partition coefficient (Wildman–Crippen LogP) is 9.05. The second kappa shape index (κ2) is 15.7. The summed E-state index contributed by atoms with van der Waals surface area (Å²) in [5, 5.41) is 21.6. The van der Waals surface area contributed by atoms with Crippen LogP contribution in [-0.4, -0.2) is 37.1 Å². The van der Waals surface area contributed by atoms with Crippen molar-refractivity contribution in [3.8, 4) is 11.3 Å². The molecule has 0 aliphatic rings. The van der Waals surface area contributed by atoms with Crippen molar-refractivity contribution in [2.75, 3.05) is 0 Å². The van der Waals surface area contributed by atoms with E-state index in [1.165, 1.54) is 0 Å². The Kier molecular flexibility index (Phi) is 11.4. The molecule has 8 aromatic rings. The number of aromatic nitrogens is 4. The molecule has 5 N–H and O–H groups in total. The largest absolute Gasteiger partial charge is 0.488 e. The maximum Gasteiger partial charge on any atom is 0.488 e. The van der Waals surface area contributed by atoms with E-state index in [1.54, 1.807) is 24.3 Å². The highest BCUT2D eigenvalue weighted by atomic mass is 79.9. The van der Waals surface area contributed by atoms with Gasteiger partial charge in [0, 0.05) is 27.1 Å². The summed E-state index contributed by atoms with van der Waals surface area (Å²) < 4.78 is 2.48. The molecule has 0 aliphatic heterocycles. The van der Waals surface area contributed by atoms with E-state index in [2.05, 4.69) is 117 Å². The highest BCUT2D eigenvalue weighted by molar-refractivity contribution is 9.11. The van der Waals surface area contributed by atoms with Crippen LogP contribution in [0.25, 0.3) is 54.9 Å². The number of halogens is 3. The average Bonchev–Trinajstić information content (AvgIpc) is 3.09. The molecule has 8 rings (SSSR count). The maximum absolute atomic E-state index is 8.58. The summed E-state index contributed by atoms with van der Waals surface area (Å²) in [7, 11) is -1.34. The van der Waals surface area contributed by atoms with E-state index in [1.807, 2.05) is 54.6 Å². The van der Waals surface area contributed by atoms with Crippen LogP contribution >= 0.6 is 47.8 Å². The normalized spacial score (nSPS) is 10.5. The standard InChI is InChI=1S/C18H11BrN2.C12H6Br2N2.C6H7BO2.H3N/c19-16-11-9-14-7-6-13-8-10-15(12-4-2-1-3-5-12)20-17(13)18(14)21-16;13-9-5-3-7-1-2-8-4-6-10(14)16-12(8)11(7)15-9;8-7(9)6-4-2-1-3-5-6;/h1-11H;1-6H;1-5,8-9H;1H3. The lowest BCUT2D eigenvalue weighted by molar-refractivity contribution is 0.426. The van der Waals surface area contributed by atoms with Crippen molar-refractivity contribution in [1.29, 1.82) is 0 Å². The van der Waals surface area contributed by atoms with Crippen molar-refractivity contribution in [2.45, 2.75) is 0 Å². The fourth-order valence-electron chi connectivity index (χ4n) is 4.86. The second-order valence-electron chi connectivity index (χ2n) is 10.2. The molecule has 0 atom stereocenters. The Balaban J connectivity index is 0.000000148. The van der Waals surface area contributed by atoms with Gasteiger partial charge in [0.05, 0.1) is 27.8 Å². The number of pyridine rings is 4. The third-order valence-electron chi connectivity index (χ3n) is 7.10. The third-order valence-corrected chi connectivity index (χ3v) is 8.43. The fourth-order valence-corrected chi connectivity index (χ4v) is 5.79. The Labute approximate surface area is 296 Å². The lowest BCUT2D eigenvalue weighted by Gasteiger charge is -2.06. The van der Waals surface area contributed by atoms with Gasteiger partial charge in [0.1, 0.15) is 13.8 Å². The zero-order valence-electron chi connectivity index (χ0n) is 24.8. The molecule has 47 heavy (non-hydrogen) atoms. The smallest absolute Gasteiger partial charge is 0.423 e. The summed E-state index contributed by atoms with van der Waals surface area (Å²) in [6.45, 7) is 0. The summed E-state index contributed by atoms with van der Waals surface area (Å²) >= 11 is 10.2. The van der Waals surface area contributed by atoms with Crippen LogP contribution < -0.4 is 11.6 Å². The molecule has 232 valence electrons. The van der Waals surface area contributed by atoms with Crippen molar-refractivity contribution >= 4 is 104 Å². The van der Waals surface area contributed by atoms with Gasteiger partial charge < -0.3 is 16.2 Å². The molecule has 4 heterocycles. The first kappa shape index (κ1) is 34.2. The van der Waals surface area contributed by atoms with Gasteiger partial charge in [0.15, 0.2) is 0 Å². The lowest BCUT2D eigenvalue weighted by Crippen LogP contribution is -2.29. The van der Waals surface area contributed by atoms with Crippen LogP contribution in [0.3, 0.4) is 0 Å². The van der Waals surface area contributed by atoms with Crippen LogP contribution in [0, 0.1) is 0 Å². The van der Waals surface area contributed by atoms with Crippen LogP contribution in [0.2, 0.25) is 0 Å². The lowest BCUT2D eigenvalue weighted by atomic mass is 9.81. The van der Waals surface area contributed by atoms with E-state index in [-0.39, 0.29) is 6.15 Å². The van der Waals surface area contributed by atoms with Crippen LogP contribution in [0.5, 0.6) is 0 Å². The SMILES string of the molecule is Brc1ccc2ccc3ccc(-c4ccccc4)nc3c2n1.Brc1ccc2ccc3ccc(Br)nc3c2n1.N.OB(O)c1ccccc1. The van der Waals surface area contributed by atoms with Gasteiger partial charge in [-0.1, -0.05) is 109 Å². The Morgan fingerprint density at radius 2 is 0.745 bits per heavy atom. The third kappa shape index (κ3) is 8.26. The predicted molar refractivity (Wildman–Crippen MR) is 204 cm³/mol. The highest BCUT2D eigenvalue weighted by Crippen LogP contribution is 2.28. The minimum absolute atomic E-state index is 0. The molecule has 0 saturated heterocycles. The summed E-state index contributed by atoms with van der Waals surface area (Å²) in [5.74, 6) is 0. The van der Waals surface area contributed by atoms with E-state index >= 15 is 0 Å². The summed E-state index contributed by atoms with van der Waals surface area (Å²) in [5.41, 5.74) is 6.33. The van der Waals surface area contributed by atoms with Gasteiger partial charge in [-0.15, -0.1) is 0 Å². The average molecular weight is 812 g/mol. The molecular weight excluding hydrogens is 785 g/mol. The van der Waals surface area contributed by atoms with E-state index in [0.717, 1.165) is 68.7 Å². The molecule has 0 fully saturated rings. The summed E-state index contributed by atoms with van der Waals surface area (Å²) in [6, 6.07) is 43.3. The van der Waals surface area contributed by atoms with Gasteiger partial charge in [-0.05, 0) is 77.5 Å². The first-order valence-corrected chi connectivity index (χ1v) is 16.6. The Bertz CT molecular complexity index is 2240. The van der Waals surface area contributed by atoms with Crippen molar-refractivity contribution in [3.63, 3.8) is 0 Å². The maximum atomic E-state index is 8.58. The van der Waals surface area contributed by atoms with E-state index in [0.29, 0.717) is 5.46 Å². The first-order chi connectivity index (χ1) is 22.4. The topological polar surface area (TPSA) is 127 Å². The molecule has 0 saturated carbocycles. The Morgan fingerprint density at radius 1 is 0.404 bits per heavy atom. The van der Waals surface area contributed by atoms with E-state index < -0.39 is 7.12 Å². The van der Waals surface area contributed by atoms with Gasteiger partial charge in [0.2, 0.25) is 0 Å². The molecule has 4 aromatic heterocycles. The molecule has 0 spiro atoms. The zero-order chi connectivity index (χ0) is 32.0. The van der Waals surface area contributed by atoms with Crippen molar-refractivity contribution in [2.24, 2.45) is 0 Å². The molecule has 0 amide bonds. The summed E-state index contributed by atoms with van der Waals surface area (Å²) in [4.78, 5) is 18.4. The van der Waals surface area contributed by atoms with Crippen molar-refractivity contribution in [3.05, 3.63) is 147 Å². The van der Waals surface area contributed by atoms with E-state index in [9.17, 15) is 0 Å². The van der Waals surface area contributed by atoms with Gasteiger partial charge in [-0.25, -0.2) is 19.9 Å². The Hall–Kier alpha value is -4.10. The van der Waals surface area contributed by atoms with Gasteiger partial charge in [-0.2, -0.15) is 0 Å². The molecule has 4 aromatic carbocycles. The molecule has 7 nitrogen and oxygen atoms in total. The number of rotatable bonds is 2. The van der Waals surface area contributed by atoms with E-state index in [4.69, 9.17) is 15.0 Å². The number of nitrogens with zero attached hydrogens (tertiary/aromatic N) is 4. The fraction of sp³-hybridized carbons (Fsp3) is 0. The molecule has 0 radical (unpaired) electrons. The number of fused-ring (bicyclic) bond motifs is 6. The highest BCUT2D eigenvalue weighted by Gasteiger charge is 2.08. The minimum Gasteiger partial charge on any atom is -0.423 e. The quantitative estimate of drug-likeness (QED) is 0.0904. The number of hydrogen-bond donors (Lipinski definition) is 3. The number of hydrogen-bond acceptors (Lipinski definition) is 7. The Morgan fingerprint density at radius 3 is 1.13 bits per heavy atom. The molecular formula is C36H27BBr3N5O2. The van der Waals surface area contributed by atoms with Crippen LogP contribution in [0.4, 0.5) is 0 Å².